The van der Waals surface area contributed by atoms with Crippen molar-refractivity contribution < 1.29 is 22.5 Å². The maximum atomic E-state index is 12.6. The molecule has 5 rings (SSSR count). The van der Waals surface area contributed by atoms with Gasteiger partial charge in [-0.25, -0.2) is 23.1 Å². The number of carbonyl (C=O) groups is 1. The van der Waals surface area contributed by atoms with Crippen LogP contribution in [0.25, 0.3) is 16.7 Å². The normalized spacial score (nSPS) is 15.1. The van der Waals surface area contributed by atoms with Gasteiger partial charge in [0.2, 0.25) is 11.6 Å². The van der Waals surface area contributed by atoms with Crippen molar-refractivity contribution >= 4 is 26.8 Å². The van der Waals surface area contributed by atoms with Crippen LogP contribution in [0.4, 0.5) is 0 Å². The fourth-order valence-electron chi connectivity index (χ4n) is 3.89. The molecule has 0 bridgehead atoms. The molecule has 0 aliphatic carbocycles. The Morgan fingerprint density at radius 3 is 2.53 bits per heavy atom. The van der Waals surface area contributed by atoms with Crippen LogP contribution in [-0.2, 0) is 9.84 Å². The van der Waals surface area contributed by atoms with Crippen LogP contribution in [0.2, 0.25) is 0 Å². The molecule has 0 N–H and O–H groups in total. The van der Waals surface area contributed by atoms with E-state index in [9.17, 15) is 13.2 Å². The van der Waals surface area contributed by atoms with Crippen LogP contribution in [-0.4, -0.2) is 69.6 Å². The highest BCUT2D eigenvalue weighted by atomic mass is 32.2. The molecule has 12 heteroatoms. The number of hydrogen-bond donors (Lipinski definition) is 0. The third-order valence-electron chi connectivity index (χ3n) is 5.68. The number of carbonyl (C=O) groups excluding carboxylic acids is 1. The third-order valence-corrected chi connectivity index (χ3v) is 6.81. The van der Waals surface area contributed by atoms with Gasteiger partial charge in [-0.2, -0.15) is 5.10 Å². The van der Waals surface area contributed by atoms with Crippen molar-refractivity contribution in [1.82, 2.24) is 29.8 Å². The van der Waals surface area contributed by atoms with Gasteiger partial charge in [-0.3, -0.25) is 4.79 Å². The average molecular weight is 483 g/mol. The van der Waals surface area contributed by atoms with Crippen LogP contribution in [0.3, 0.4) is 0 Å². The van der Waals surface area contributed by atoms with Gasteiger partial charge in [0, 0.05) is 38.3 Å². The van der Waals surface area contributed by atoms with Crippen molar-refractivity contribution in [2.24, 2.45) is 0 Å². The zero-order chi connectivity index (χ0) is 23.9. The highest BCUT2D eigenvalue weighted by Crippen LogP contribution is 2.27. The average Bonchev–Trinajstić information content (AvgIpc) is 3.46. The summed E-state index contributed by atoms with van der Waals surface area (Å²) in [6, 6.07) is 8.05. The summed E-state index contributed by atoms with van der Waals surface area (Å²) in [6.45, 7) is 2.84. The molecule has 176 valence electrons. The third kappa shape index (κ3) is 4.23. The second kappa shape index (κ2) is 8.52. The number of benzene rings is 1. The van der Waals surface area contributed by atoms with E-state index >= 15 is 0 Å². The number of hydrogen-bond acceptors (Lipinski definition) is 9. The Balaban J connectivity index is 1.30. The van der Waals surface area contributed by atoms with E-state index in [1.54, 1.807) is 40.9 Å². The molecule has 1 aromatic carbocycles. The SMILES string of the molecule is Cc1cc(C(=O)N2CCC(Oc3ncnc4c3cnn4-c3ccc(S(C)(=O)=O)cc3)CC2)on1. The standard InChI is InChI=1S/C22H22N6O5S/c1-14-11-19(33-26-14)22(29)27-9-7-16(8-10-27)32-21-18-12-25-28(20(18)23-13-24-21)15-3-5-17(6-4-15)34(2,30)31/h3-6,11-13,16H,7-10H2,1-2H3. The number of fused-ring (bicyclic) bond motifs is 1. The summed E-state index contributed by atoms with van der Waals surface area (Å²) in [6.07, 6.45) is 5.37. The molecule has 0 saturated carbocycles. The van der Waals surface area contributed by atoms with Gasteiger partial charge in [0.1, 0.15) is 17.8 Å². The molecule has 0 atom stereocenters. The predicted octanol–water partition coefficient (Wildman–Crippen LogP) is 2.20. The minimum absolute atomic E-state index is 0.115. The van der Waals surface area contributed by atoms with Crippen molar-refractivity contribution in [2.45, 2.75) is 30.8 Å². The summed E-state index contributed by atoms with van der Waals surface area (Å²) in [5.41, 5.74) is 1.88. The van der Waals surface area contributed by atoms with E-state index in [4.69, 9.17) is 9.26 Å². The van der Waals surface area contributed by atoms with Crippen LogP contribution in [0.1, 0.15) is 29.1 Å². The van der Waals surface area contributed by atoms with E-state index in [1.165, 1.54) is 18.5 Å². The van der Waals surface area contributed by atoms with Crippen molar-refractivity contribution in [3.8, 4) is 11.6 Å². The van der Waals surface area contributed by atoms with Gasteiger partial charge in [-0.15, -0.1) is 0 Å². The van der Waals surface area contributed by atoms with Crippen molar-refractivity contribution in [3.63, 3.8) is 0 Å². The zero-order valence-corrected chi connectivity index (χ0v) is 19.4. The van der Waals surface area contributed by atoms with Crippen LogP contribution < -0.4 is 4.74 Å². The van der Waals surface area contributed by atoms with E-state index in [-0.39, 0.29) is 22.7 Å². The van der Waals surface area contributed by atoms with E-state index in [1.807, 2.05) is 0 Å². The van der Waals surface area contributed by atoms with Crippen molar-refractivity contribution in [1.29, 1.82) is 0 Å². The van der Waals surface area contributed by atoms with Crippen LogP contribution >= 0.6 is 0 Å². The number of piperidine rings is 1. The maximum absolute atomic E-state index is 12.6. The van der Waals surface area contributed by atoms with Gasteiger partial charge >= 0.3 is 0 Å². The lowest BCUT2D eigenvalue weighted by atomic mass is 10.1. The molecule has 4 heterocycles. The Morgan fingerprint density at radius 2 is 1.88 bits per heavy atom. The minimum atomic E-state index is -3.29. The summed E-state index contributed by atoms with van der Waals surface area (Å²) in [5, 5.41) is 8.82. The lowest BCUT2D eigenvalue weighted by Crippen LogP contribution is -2.41. The summed E-state index contributed by atoms with van der Waals surface area (Å²) in [7, 11) is -3.29. The molecule has 1 saturated heterocycles. The number of sulfone groups is 1. The molecule has 4 aromatic rings. The van der Waals surface area contributed by atoms with Gasteiger partial charge in [0.15, 0.2) is 15.5 Å². The molecule has 3 aromatic heterocycles. The highest BCUT2D eigenvalue weighted by Gasteiger charge is 2.27. The van der Waals surface area contributed by atoms with E-state index in [0.717, 1.165) is 6.26 Å². The number of aryl methyl sites for hydroxylation is 1. The lowest BCUT2D eigenvalue weighted by molar-refractivity contribution is 0.0553. The Labute approximate surface area is 195 Å². The van der Waals surface area contributed by atoms with Crippen LogP contribution in [0.15, 0.2) is 52.3 Å². The number of ether oxygens (including phenoxy) is 1. The fourth-order valence-corrected chi connectivity index (χ4v) is 4.53. The van der Waals surface area contributed by atoms with E-state index < -0.39 is 9.84 Å². The molecular weight excluding hydrogens is 460 g/mol. The molecule has 34 heavy (non-hydrogen) atoms. The van der Waals surface area contributed by atoms with Crippen LogP contribution in [0, 0.1) is 6.92 Å². The largest absolute Gasteiger partial charge is 0.474 e. The Hall–Kier alpha value is -3.80. The Morgan fingerprint density at radius 1 is 1.15 bits per heavy atom. The monoisotopic (exact) mass is 482 g/mol. The summed E-state index contributed by atoms with van der Waals surface area (Å²) >= 11 is 0. The first-order chi connectivity index (χ1) is 16.3. The molecule has 1 aliphatic rings. The zero-order valence-electron chi connectivity index (χ0n) is 18.6. The number of amides is 1. The van der Waals surface area contributed by atoms with Gasteiger partial charge in [-0.05, 0) is 31.2 Å². The molecule has 1 aliphatic heterocycles. The van der Waals surface area contributed by atoms with Crippen molar-refractivity contribution in [3.05, 3.63) is 54.3 Å². The Bertz CT molecular complexity index is 1450. The molecular formula is C22H22N6O5S. The number of rotatable bonds is 5. The fraction of sp³-hybridized carbons (Fsp3) is 0.318. The van der Waals surface area contributed by atoms with Crippen LogP contribution in [0.5, 0.6) is 5.88 Å². The summed E-state index contributed by atoms with van der Waals surface area (Å²) < 4.78 is 36.3. The first kappa shape index (κ1) is 22.0. The molecule has 0 unspecified atom stereocenters. The minimum Gasteiger partial charge on any atom is -0.474 e. The quantitative estimate of drug-likeness (QED) is 0.420. The summed E-state index contributed by atoms with van der Waals surface area (Å²) in [4.78, 5) is 23.1. The van der Waals surface area contributed by atoms with Crippen molar-refractivity contribution in [2.75, 3.05) is 19.3 Å². The number of nitrogens with zero attached hydrogens (tertiary/aromatic N) is 6. The van der Waals surface area contributed by atoms with Gasteiger partial charge in [0.25, 0.3) is 5.91 Å². The predicted molar refractivity (Wildman–Crippen MR) is 121 cm³/mol. The van der Waals surface area contributed by atoms with E-state index in [2.05, 4.69) is 20.2 Å². The Kier molecular flexibility index (Phi) is 5.52. The lowest BCUT2D eigenvalue weighted by Gasteiger charge is -2.31. The van der Waals surface area contributed by atoms with Gasteiger partial charge in [-0.1, -0.05) is 5.16 Å². The van der Waals surface area contributed by atoms with Gasteiger partial charge < -0.3 is 14.2 Å². The second-order valence-corrected chi connectivity index (χ2v) is 10.2. The van der Waals surface area contributed by atoms with Gasteiger partial charge in [0.05, 0.1) is 22.5 Å². The molecule has 0 spiro atoms. The highest BCUT2D eigenvalue weighted by molar-refractivity contribution is 7.90. The summed E-state index contributed by atoms with van der Waals surface area (Å²) in [5.74, 6) is 0.484. The topological polar surface area (TPSA) is 133 Å². The first-order valence-electron chi connectivity index (χ1n) is 10.7. The maximum Gasteiger partial charge on any atom is 0.292 e. The number of aromatic nitrogens is 5. The second-order valence-electron chi connectivity index (χ2n) is 8.18. The number of likely N-dealkylation sites (tertiary alicyclic amines) is 1. The van der Waals surface area contributed by atoms with E-state index in [0.29, 0.717) is 54.2 Å². The molecule has 11 nitrogen and oxygen atoms in total. The molecule has 0 radical (unpaired) electrons. The smallest absolute Gasteiger partial charge is 0.292 e. The first-order valence-corrected chi connectivity index (χ1v) is 12.6. The molecule has 1 amide bonds. The molecule has 1 fully saturated rings.